The van der Waals surface area contributed by atoms with Crippen LogP contribution >= 0.6 is 11.3 Å². The molecule has 2 heterocycles. The summed E-state index contributed by atoms with van der Waals surface area (Å²) in [7, 11) is -3.65. The molecule has 2 aromatic heterocycles. The maximum atomic E-state index is 12.6. The monoisotopic (exact) mass is 445 g/mol. The van der Waals surface area contributed by atoms with Crippen molar-refractivity contribution in [2.45, 2.75) is 23.6 Å². The minimum atomic E-state index is -3.65. The molecule has 3 rings (SSSR count). The number of Topliss-reactive ketones (excluding diaryl/α,β-unsaturated/α-hetero) is 1. The number of carbonyl (C=O) groups is 2. The fourth-order valence-electron chi connectivity index (χ4n) is 2.90. The van der Waals surface area contributed by atoms with E-state index >= 15 is 0 Å². The highest BCUT2D eigenvalue weighted by Crippen LogP contribution is 2.22. The van der Waals surface area contributed by atoms with Gasteiger partial charge < -0.3 is 9.30 Å². The van der Waals surface area contributed by atoms with E-state index < -0.39 is 22.6 Å². The normalized spacial score (nSPS) is 11.3. The minimum absolute atomic E-state index is 0.124. The van der Waals surface area contributed by atoms with Crippen LogP contribution in [0.25, 0.3) is 10.9 Å². The number of para-hydroxylation sites is 1. The Morgan fingerprint density at radius 3 is 2.73 bits per heavy atom. The topological polar surface area (TPSA) is 118 Å². The zero-order valence-corrected chi connectivity index (χ0v) is 17.5. The number of nitrogens with zero attached hydrogens (tertiary/aromatic N) is 2. The molecule has 0 radical (unpaired) electrons. The molecule has 0 aliphatic rings. The van der Waals surface area contributed by atoms with Crippen LogP contribution in [0.4, 0.5) is 0 Å². The number of nitriles is 1. The number of fused-ring (bicyclic) bond motifs is 1. The number of rotatable bonds is 10. The van der Waals surface area contributed by atoms with E-state index in [1.165, 1.54) is 6.07 Å². The summed E-state index contributed by atoms with van der Waals surface area (Å²) in [5.74, 6) is -1.04. The third kappa shape index (κ3) is 5.13. The van der Waals surface area contributed by atoms with E-state index in [1.807, 2.05) is 16.7 Å². The molecule has 0 aliphatic carbocycles. The van der Waals surface area contributed by atoms with Gasteiger partial charge in [-0.05, 0) is 17.5 Å². The molecule has 0 fully saturated rings. The molecule has 0 bridgehead atoms. The molecule has 156 valence electrons. The lowest BCUT2D eigenvalue weighted by atomic mass is 10.1. The fourth-order valence-corrected chi connectivity index (χ4v) is 4.96. The fraction of sp³-hybridized carbons (Fsp3) is 0.250. The first kappa shape index (κ1) is 21.7. The second-order valence-electron chi connectivity index (χ2n) is 6.33. The molecule has 0 saturated heterocycles. The SMILES string of the molecule is N#CCCn1cc(C(=O)COC(=O)CCNS(=O)(=O)c2cccs2)c2ccccc21. The van der Waals surface area contributed by atoms with E-state index in [0.717, 1.165) is 22.2 Å². The van der Waals surface area contributed by atoms with Crippen molar-refractivity contribution in [3.05, 3.63) is 53.5 Å². The molecule has 1 N–H and O–H groups in total. The van der Waals surface area contributed by atoms with Gasteiger partial charge in [0.15, 0.2) is 6.61 Å². The van der Waals surface area contributed by atoms with Gasteiger partial charge in [0.2, 0.25) is 15.8 Å². The van der Waals surface area contributed by atoms with Crippen molar-refractivity contribution in [3.8, 4) is 6.07 Å². The Labute approximate surface area is 177 Å². The number of nitrogens with one attached hydrogen (secondary N) is 1. The quantitative estimate of drug-likeness (QED) is 0.379. The molecule has 30 heavy (non-hydrogen) atoms. The second kappa shape index (κ2) is 9.67. The van der Waals surface area contributed by atoms with Gasteiger partial charge in [-0.25, -0.2) is 13.1 Å². The molecule has 0 unspecified atom stereocenters. The highest BCUT2D eigenvalue weighted by molar-refractivity contribution is 7.91. The van der Waals surface area contributed by atoms with Crippen LogP contribution in [0.1, 0.15) is 23.2 Å². The van der Waals surface area contributed by atoms with Crippen LogP contribution < -0.4 is 4.72 Å². The van der Waals surface area contributed by atoms with Gasteiger partial charge in [-0.2, -0.15) is 5.26 Å². The average molecular weight is 446 g/mol. The summed E-state index contributed by atoms with van der Waals surface area (Å²) >= 11 is 1.08. The van der Waals surface area contributed by atoms with Crippen molar-refractivity contribution in [1.29, 1.82) is 5.26 Å². The Balaban J connectivity index is 1.55. The first-order chi connectivity index (χ1) is 14.4. The average Bonchev–Trinajstić information content (AvgIpc) is 3.39. The van der Waals surface area contributed by atoms with E-state index in [4.69, 9.17) is 10.00 Å². The molecule has 8 nitrogen and oxygen atoms in total. The van der Waals surface area contributed by atoms with Crippen molar-refractivity contribution in [2.75, 3.05) is 13.2 Å². The van der Waals surface area contributed by atoms with Crippen molar-refractivity contribution in [2.24, 2.45) is 0 Å². The van der Waals surface area contributed by atoms with Gasteiger partial charge in [-0.1, -0.05) is 24.3 Å². The smallest absolute Gasteiger partial charge is 0.307 e. The van der Waals surface area contributed by atoms with Crippen LogP contribution in [0.5, 0.6) is 0 Å². The van der Waals surface area contributed by atoms with Gasteiger partial charge in [0.25, 0.3) is 0 Å². The van der Waals surface area contributed by atoms with Crippen molar-refractivity contribution in [3.63, 3.8) is 0 Å². The standard InChI is InChI=1S/C20H19N3O5S2/c21-9-4-11-23-13-16(15-5-1-2-6-17(15)23)18(24)14-28-19(25)8-10-22-30(26,27)20-7-3-12-29-20/h1-3,5-7,12-13,22H,4,8,10-11,14H2. The molecule has 1 aromatic carbocycles. The van der Waals surface area contributed by atoms with E-state index in [2.05, 4.69) is 10.8 Å². The largest absolute Gasteiger partial charge is 0.457 e. The van der Waals surface area contributed by atoms with Crippen molar-refractivity contribution < 1.29 is 22.7 Å². The summed E-state index contributed by atoms with van der Waals surface area (Å²) in [6.07, 6.45) is 1.78. The van der Waals surface area contributed by atoms with Gasteiger partial charge in [-0.3, -0.25) is 9.59 Å². The molecule has 0 amide bonds. The van der Waals surface area contributed by atoms with Gasteiger partial charge >= 0.3 is 5.97 Å². The molecule has 10 heteroatoms. The van der Waals surface area contributed by atoms with Crippen LogP contribution in [0.2, 0.25) is 0 Å². The van der Waals surface area contributed by atoms with Gasteiger partial charge in [0, 0.05) is 35.8 Å². The van der Waals surface area contributed by atoms with E-state index in [-0.39, 0.29) is 23.0 Å². The summed E-state index contributed by atoms with van der Waals surface area (Å²) in [6.45, 7) is -0.113. The highest BCUT2D eigenvalue weighted by atomic mass is 32.2. The number of esters is 1. The molecule has 3 aromatic rings. The zero-order chi connectivity index (χ0) is 21.6. The third-order valence-electron chi connectivity index (χ3n) is 4.30. The first-order valence-corrected chi connectivity index (χ1v) is 11.5. The number of hydrogen-bond acceptors (Lipinski definition) is 7. The lowest BCUT2D eigenvalue weighted by Crippen LogP contribution is -2.26. The van der Waals surface area contributed by atoms with E-state index in [1.54, 1.807) is 29.8 Å². The van der Waals surface area contributed by atoms with Crippen LogP contribution in [-0.4, -0.2) is 37.9 Å². The van der Waals surface area contributed by atoms with Crippen LogP contribution in [0, 0.1) is 11.3 Å². The number of aromatic nitrogens is 1. The van der Waals surface area contributed by atoms with Crippen LogP contribution in [0.15, 0.2) is 52.2 Å². The number of ether oxygens (including phenoxy) is 1. The van der Waals surface area contributed by atoms with Crippen LogP contribution in [-0.2, 0) is 26.1 Å². The van der Waals surface area contributed by atoms with Gasteiger partial charge in [0.05, 0.1) is 18.9 Å². The van der Waals surface area contributed by atoms with E-state index in [0.29, 0.717) is 18.5 Å². The number of carbonyl (C=O) groups excluding carboxylic acids is 2. The van der Waals surface area contributed by atoms with Crippen molar-refractivity contribution in [1.82, 2.24) is 9.29 Å². The Morgan fingerprint density at radius 2 is 2.00 bits per heavy atom. The highest BCUT2D eigenvalue weighted by Gasteiger charge is 2.18. The number of thiophene rings is 1. The summed E-state index contributed by atoms with van der Waals surface area (Å²) in [6, 6.07) is 12.5. The molecular formula is C20H19N3O5S2. The number of hydrogen-bond donors (Lipinski definition) is 1. The first-order valence-electron chi connectivity index (χ1n) is 9.09. The molecule has 0 spiro atoms. The van der Waals surface area contributed by atoms with Crippen molar-refractivity contribution >= 4 is 44.0 Å². The predicted molar refractivity (Wildman–Crippen MR) is 112 cm³/mol. The molecular weight excluding hydrogens is 426 g/mol. The maximum Gasteiger partial charge on any atom is 0.307 e. The lowest BCUT2D eigenvalue weighted by Gasteiger charge is -2.06. The molecule has 0 aliphatic heterocycles. The van der Waals surface area contributed by atoms with E-state index in [9.17, 15) is 18.0 Å². The zero-order valence-electron chi connectivity index (χ0n) is 15.9. The third-order valence-corrected chi connectivity index (χ3v) is 7.16. The Morgan fingerprint density at radius 1 is 1.20 bits per heavy atom. The number of benzene rings is 1. The summed E-state index contributed by atoms with van der Waals surface area (Å²) < 4.78 is 33.3. The number of ketones is 1. The predicted octanol–water partition coefficient (Wildman–Crippen LogP) is 2.71. The minimum Gasteiger partial charge on any atom is -0.457 e. The Hall–Kier alpha value is -3.00. The number of aryl methyl sites for hydroxylation is 1. The summed E-state index contributed by atoms with van der Waals surface area (Å²) in [4.78, 5) is 24.5. The number of sulfonamides is 1. The summed E-state index contributed by atoms with van der Waals surface area (Å²) in [5, 5.41) is 11.2. The molecule has 0 atom stereocenters. The van der Waals surface area contributed by atoms with Gasteiger partial charge in [0.1, 0.15) is 4.21 Å². The molecule has 0 saturated carbocycles. The van der Waals surface area contributed by atoms with Gasteiger partial charge in [-0.15, -0.1) is 11.3 Å². The lowest BCUT2D eigenvalue weighted by molar-refractivity contribution is -0.142. The maximum absolute atomic E-state index is 12.6. The Kier molecular flexibility index (Phi) is 6.99. The summed E-state index contributed by atoms with van der Waals surface area (Å²) in [5.41, 5.74) is 1.24. The Bertz CT molecular complexity index is 1190. The second-order valence-corrected chi connectivity index (χ2v) is 9.27. The van der Waals surface area contributed by atoms with Crippen LogP contribution in [0.3, 0.4) is 0 Å².